The van der Waals surface area contributed by atoms with E-state index >= 15 is 0 Å². The zero-order valence-corrected chi connectivity index (χ0v) is 18.0. The fraction of sp³-hybridized carbons (Fsp3) is 0.182. The van der Waals surface area contributed by atoms with E-state index in [1.165, 1.54) is 28.8 Å². The van der Waals surface area contributed by atoms with Crippen LogP contribution in [0.25, 0.3) is 0 Å². The Labute approximate surface area is 189 Å². The lowest BCUT2D eigenvalue weighted by Gasteiger charge is -2.15. The van der Waals surface area contributed by atoms with Gasteiger partial charge in [-0.2, -0.15) is 0 Å². The third-order valence-electron chi connectivity index (χ3n) is 4.47. The standard InChI is InChI=1S/C22H17BrF3NO5/c23-19-9-8-16(13-31-17-2-1-3-18(12-17)32-22(24,25)26)27(20(19)28)11-10-14-4-6-15(7-5-14)21(29)30/h1-9,12H,10-11,13H2,(H,29,30). The summed E-state index contributed by atoms with van der Waals surface area (Å²) in [6.45, 7) is 0.233. The number of hydrogen-bond acceptors (Lipinski definition) is 4. The number of alkyl halides is 3. The number of benzene rings is 2. The van der Waals surface area contributed by atoms with Crippen molar-refractivity contribution in [3.63, 3.8) is 0 Å². The molecular formula is C22H17BrF3NO5. The lowest BCUT2D eigenvalue weighted by Crippen LogP contribution is -2.25. The summed E-state index contributed by atoms with van der Waals surface area (Å²) in [5.41, 5.74) is 1.23. The summed E-state index contributed by atoms with van der Waals surface area (Å²) >= 11 is 3.20. The van der Waals surface area contributed by atoms with Crippen LogP contribution in [0.15, 0.2) is 69.9 Å². The van der Waals surface area contributed by atoms with E-state index < -0.39 is 18.1 Å². The van der Waals surface area contributed by atoms with Gasteiger partial charge in [0, 0.05) is 12.6 Å². The molecule has 10 heteroatoms. The Hall–Kier alpha value is -3.27. The van der Waals surface area contributed by atoms with Gasteiger partial charge < -0.3 is 19.1 Å². The van der Waals surface area contributed by atoms with Crippen molar-refractivity contribution in [3.05, 3.63) is 92.3 Å². The van der Waals surface area contributed by atoms with Gasteiger partial charge in [-0.25, -0.2) is 4.79 Å². The predicted molar refractivity (Wildman–Crippen MR) is 113 cm³/mol. The molecule has 0 saturated heterocycles. The van der Waals surface area contributed by atoms with Crippen LogP contribution >= 0.6 is 15.9 Å². The molecule has 2 aromatic carbocycles. The van der Waals surface area contributed by atoms with Gasteiger partial charge in [0.05, 0.1) is 15.7 Å². The highest BCUT2D eigenvalue weighted by Crippen LogP contribution is 2.26. The number of pyridine rings is 1. The molecule has 3 aromatic rings. The Morgan fingerprint density at radius 3 is 2.38 bits per heavy atom. The molecular weight excluding hydrogens is 495 g/mol. The third kappa shape index (κ3) is 6.36. The van der Waals surface area contributed by atoms with E-state index in [9.17, 15) is 22.8 Å². The van der Waals surface area contributed by atoms with Gasteiger partial charge in [-0.1, -0.05) is 18.2 Å². The van der Waals surface area contributed by atoms with Crippen LogP contribution in [0.4, 0.5) is 13.2 Å². The number of aromatic nitrogens is 1. The summed E-state index contributed by atoms with van der Waals surface area (Å²) in [6.07, 6.45) is -4.36. The topological polar surface area (TPSA) is 77.8 Å². The minimum Gasteiger partial charge on any atom is -0.487 e. The van der Waals surface area contributed by atoms with Crippen molar-refractivity contribution in [1.29, 1.82) is 0 Å². The molecule has 0 unspecified atom stereocenters. The molecule has 3 rings (SSSR count). The van der Waals surface area contributed by atoms with Crippen molar-refractivity contribution in [2.45, 2.75) is 25.9 Å². The normalized spacial score (nSPS) is 11.2. The van der Waals surface area contributed by atoms with Crippen molar-refractivity contribution >= 4 is 21.9 Å². The molecule has 0 aliphatic carbocycles. The van der Waals surface area contributed by atoms with Gasteiger partial charge >= 0.3 is 12.3 Å². The summed E-state index contributed by atoms with van der Waals surface area (Å²) in [4.78, 5) is 23.6. The Balaban J connectivity index is 1.74. The summed E-state index contributed by atoms with van der Waals surface area (Å²) in [7, 11) is 0. The fourth-order valence-corrected chi connectivity index (χ4v) is 3.28. The smallest absolute Gasteiger partial charge is 0.487 e. The quantitative estimate of drug-likeness (QED) is 0.459. The van der Waals surface area contributed by atoms with Crippen molar-refractivity contribution in [2.24, 2.45) is 0 Å². The van der Waals surface area contributed by atoms with Crippen molar-refractivity contribution in [1.82, 2.24) is 4.57 Å². The average molecular weight is 512 g/mol. The van der Waals surface area contributed by atoms with E-state index in [4.69, 9.17) is 9.84 Å². The number of aromatic carboxylic acids is 1. The second-order valence-electron chi connectivity index (χ2n) is 6.69. The zero-order valence-electron chi connectivity index (χ0n) is 16.4. The lowest BCUT2D eigenvalue weighted by molar-refractivity contribution is -0.274. The Morgan fingerprint density at radius 2 is 1.72 bits per heavy atom. The van der Waals surface area contributed by atoms with Gasteiger partial charge in [0.15, 0.2) is 0 Å². The zero-order chi connectivity index (χ0) is 23.3. The maximum Gasteiger partial charge on any atom is 0.573 e. The number of ether oxygens (including phenoxy) is 2. The third-order valence-corrected chi connectivity index (χ3v) is 5.07. The summed E-state index contributed by atoms with van der Waals surface area (Å²) in [6, 6.07) is 14.7. The molecule has 0 aliphatic heterocycles. The number of carboxylic acid groups (broad SMARTS) is 1. The fourth-order valence-electron chi connectivity index (χ4n) is 2.93. The van der Waals surface area contributed by atoms with E-state index in [1.807, 2.05) is 0 Å². The number of nitrogens with zero attached hydrogens (tertiary/aromatic N) is 1. The molecule has 32 heavy (non-hydrogen) atoms. The Bertz CT molecular complexity index is 1160. The van der Waals surface area contributed by atoms with Crippen LogP contribution < -0.4 is 15.0 Å². The molecule has 0 radical (unpaired) electrons. The highest BCUT2D eigenvalue weighted by Gasteiger charge is 2.31. The Kier molecular flexibility index (Phi) is 7.24. The van der Waals surface area contributed by atoms with E-state index in [0.717, 1.165) is 17.7 Å². The molecule has 0 atom stereocenters. The van der Waals surface area contributed by atoms with Crippen molar-refractivity contribution < 1.29 is 32.5 Å². The van der Waals surface area contributed by atoms with Crippen LogP contribution in [0.3, 0.4) is 0 Å². The maximum atomic E-state index is 12.6. The average Bonchev–Trinajstić information content (AvgIpc) is 2.73. The monoisotopic (exact) mass is 511 g/mol. The lowest BCUT2D eigenvalue weighted by atomic mass is 10.1. The first-order valence-corrected chi connectivity index (χ1v) is 10.1. The molecule has 6 nitrogen and oxygen atoms in total. The summed E-state index contributed by atoms with van der Waals surface area (Å²) in [5.74, 6) is -1.28. The summed E-state index contributed by atoms with van der Waals surface area (Å²) < 4.78 is 48.5. The van der Waals surface area contributed by atoms with E-state index in [-0.39, 0.29) is 23.5 Å². The first kappa shape index (κ1) is 23.4. The summed E-state index contributed by atoms with van der Waals surface area (Å²) in [5, 5.41) is 8.98. The number of carboxylic acids is 1. The van der Waals surface area contributed by atoms with Crippen LogP contribution in [0.2, 0.25) is 0 Å². The molecule has 1 aromatic heterocycles. The second kappa shape index (κ2) is 9.90. The van der Waals surface area contributed by atoms with Crippen LogP contribution in [0, 0.1) is 0 Å². The molecule has 1 heterocycles. The van der Waals surface area contributed by atoms with Crippen LogP contribution in [0.1, 0.15) is 21.6 Å². The minimum atomic E-state index is -4.81. The molecule has 0 spiro atoms. The number of halogens is 4. The predicted octanol–water partition coefficient (Wildman–Crippen LogP) is 5.03. The molecule has 0 saturated carbocycles. The van der Waals surface area contributed by atoms with Crippen LogP contribution in [0.5, 0.6) is 11.5 Å². The molecule has 0 bridgehead atoms. The van der Waals surface area contributed by atoms with E-state index in [1.54, 1.807) is 24.3 Å². The van der Waals surface area contributed by atoms with Gasteiger partial charge in [-0.3, -0.25) is 4.79 Å². The van der Waals surface area contributed by atoms with Crippen molar-refractivity contribution in [3.8, 4) is 11.5 Å². The van der Waals surface area contributed by atoms with Crippen LogP contribution in [-0.2, 0) is 19.6 Å². The SMILES string of the molecule is O=C(O)c1ccc(CCn2c(COc3cccc(OC(F)(F)F)c3)ccc(Br)c2=O)cc1. The first-order valence-electron chi connectivity index (χ1n) is 9.31. The maximum absolute atomic E-state index is 12.6. The van der Waals surface area contributed by atoms with Crippen LogP contribution in [-0.4, -0.2) is 22.0 Å². The van der Waals surface area contributed by atoms with E-state index in [2.05, 4.69) is 20.7 Å². The second-order valence-corrected chi connectivity index (χ2v) is 7.55. The van der Waals surface area contributed by atoms with E-state index in [0.29, 0.717) is 23.1 Å². The van der Waals surface area contributed by atoms with Gasteiger partial charge in [0.1, 0.15) is 18.1 Å². The molecule has 0 aliphatic rings. The van der Waals surface area contributed by atoms with Gasteiger partial charge in [-0.15, -0.1) is 13.2 Å². The largest absolute Gasteiger partial charge is 0.573 e. The van der Waals surface area contributed by atoms with Gasteiger partial charge in [0.25, 0.3) is 5.56 Å². The number of hydrogen-bond donors (Lipinski definition) is 1. The molecule has 168 valence electrons. The highest BCUT2D eigenvalue weighted by molar-refractivity contribution is 9.10. The van der Waals surface area contributed by atoms with Gasteiger partial charge in [0.2, 0.25) is 0 Å². The number of aryl methyl sites for hydroxylation is 1. The Morgan fingerprint density at radius 1 is 1.03 bits per heavy atom. The number of carbonyl (C=O) groups is 1. The molecule has 1 N–H and O–H groups in total. The van der Waals surface area contributed by atoms with Crippen molar-refractivity contribution in [2.75, 3.05) is 0 Å². The highest BCUT2D eigenvalue weighted by atomic mass is 79.9. The molecule has 0 fully saturated rings. The number of rotatable bonds is 8. The minimum absolute atomic E-state index is 0.0596. The van der Waals surface area contributed by atoms with Gasteiger partial charge in [-0.05, 0) is 64.3 Å². The molecule has 0 amide bonds. The first-order chi connectivity index (χ1) is 15.1.